The van der Waals surface area contributed by atoms with Gasteiger partial charge in [-0.2, -0.15) is 5.10 Å². The van der Waals surface area contributed by atoms with Gasteiger partial charge in [-0.3, -0.25) is 19.6 Å². The van der Waals surface area contributed by atoms with E-state index in [1.165, 1.54) is 12.5 Å². The highest BCUT2D eigenvalue weighted by Crippen LogP contribution is 2.70. The SMILES string of the molecule is CC1(C)CCC2(CC1)N([C@H](c1ccccc1)[C@@H](O)c1ccccc1)[C@@H](C(=O)NC1CCC(c3ncn[nH]3)CC1)[C@H](c1ccnc(Cl)c1F)[C@@]21C(=O)Nc2cc(Cl)ccc21. The molecule has 2 saturated carbocycles. The molecule has 5 aromatic rings. The van der Waals surface area contributed by atoms with Crippen molar-refractivity contribution >= 4 is 40.7 Å². The number of pyridine rings is 1. The summed E-state index contributed by atoms with van der Waals surface area (Å²) in [6.07, 6.45) is 7.09. The fraction of sp³-hybridized carbons (Fsp3) is 0.413. The minimum Gasteiger partial charge on any atom is -0.386 e. The predicted octanol–water partition coefficient (Wildman–Crippen LogP) is 8.96. The first-order chi connectivity index (χ1) is 28.4. The lowest BCUT2D eigenvalue weighted by molar-refractivity contribution is -0.137. The standard InChI is InChI=1S/C46H48Cl2FN7O3/c1-44(2)20-22-45(23-21-44)46(33-18-15-30(47)25-34(33)54-43(46)59)35(32-19-24-50-40(48)36(32)49)38(42(58)53-31-16-13-29(14-17-31)41-51-26-52-55-41)56(45)37(27-9-5-3-6-10-27)39(57)28-11-7-4-8-12-28/h3-12,15,18-19,24-26,29,31,35,37-39,57H,13-14,16-17,20-23H2,1-2H3,(H,53,58)(H,54,59)(H,51,52,55)/t29?,31?,35-,37+,38+,39-,46-/m0/s1. The van der Waals surface area contributed by atoms with E-state index >= 15 is 14.0 Å². The third-order valence-corrected chi connectivity index (χ3v) is 14.5. The first-order valence-corrected chi connectivity index (χ1v) is 21.3. The maximum absolute atomic E-state index is 17.1. The van der Waals surface area contributed by atoms with E-state index in [1.807, 2.05) is 66.7 Å². The lowest BCUT2D eigenvalue weighted by atomic mass is 9.53. The number of fused-ring (bicyclic) bond motifs is 3. The molecule has 9 rings (SSSR count). The number of carbonyl (C=O) groups excluding carboxylic acids is 2. The van der Waals surface area contributed by atoms with Crippen LogP contribution in [0.15, 0.2) is 97.5 Å². The van der Waals surface area contributed by atoms with Crippen molar-refractivity contribution in [3.63, 3.8) is 0 Å². The molecule has 3 aromatic carbocycles. The number of aliphatic hydroxyl groups is 1. The Hall–Kier alpha value is -4.68. The van der Waals surface area contributed by atoms with Gasteiger partial charge in [0.1, 0.15) is 17.6 Å². The highest BCUT2D eigenvalue weighted by molar-refractivity contribution is 6.31. The number of hydrogen-bond acceptors (Lipinski definition) is 7. The number of aliphatic hydroxyl groups excluding tert-OH is 1. The maximum Gasteiger partial charge on any atom is 0.238 e. The molecule has 2 aliphatic carbocycles. The first kappa shape index (κ1) is 39.8. The minimum absolute atomic E-state index is 0.0977. The summed E-state index contributed by atoms with van der Waals surface area (Å²) in [5, 5.41) is 26.7. The Morgan fingerprint density at radius 1 is 0.915 bits per heavy atom. The highest BCUT2D eigenvalue weighted by atomic mass is 35.5. The summed E-state index contributed by atoms with van der Waals surface area (Å²) in [6, 6.07) is 23.8. The van der Waals surface area contributed by atoms with Crippen molar-refractivity contribution in [2.75, 3.05) is 5.32 Å². The van der Waals surface area contributed by atoms with E-state index in [1.54, 1.807) is 18.2 Å². The Bertz CT molecular complexity index is 2330. The van der Waals surface area contributed by atoms with Gasteiger partial charge in [0.2, 0.25) is 11.8 Å². The number of hydrogen-bond donors (Lipinski definition) is 4. The van der Waals surface area contributed by atoms with Crippen LogP contribution in [0.2, 0.25) is 10.2 Å². The number of H-pyrrole nitrogens is 1. The van der Waals surface area contributed by atoms with Gasteiger partial charge >= 0.3 is 0 Å². The summed E-state index contributed by atoms with van der Waals surface area (Å²) in [6.45, 7) is 4.45. The number of halogens is 3. The van der Waals surface area contributed by atoms with Crippen LogP contribution in [0.4, 0.5) is 10.1 Å². The molecule has 2 aromatic heterocycles. The molecule has 3 fully saturated rings. The van der Waals surface area contributed by atoms with Gasteiger partial charge in [-0.25, -0.2) is 14.4 Å². The predicted molar refractivity (Wildman–Crippen MR) is 224 cm³/mol. The topological polar surface area (TPSA) is 136 Å². The lowest BCUT2D eigenvalue weighted by Crippen LogP contribution is -2.64. The monoisotopic (exact) mass is 835 g/mol. The fourth-order valence-corrected chi connectivity index (χ4v) is 11.5. The average Bonchev–Trinajstić information content (AvgIpc) is 3.94. The van der Waals surface area contributed by atoms with Crippen molar-refractivity contribution in [3.05, 3.63) is 142 Å². The van der Waals surface area contributed by atoms with Crippen LogP contribution in [0.1, 0.15) is 117 Å². The molecule has 4 aliphatic rings. The molecule has 0 radical (unpaired) electrons. The Morgan fingerprint density at radius 3 is 2.25 bits per heavy atom. The lowest BCUT2D eigenvalue weighted by Gasteiger charge is -2.56. The summed E-state index contributed by atoms with van der Waals surface area (Å²) >= 11 is 13.2. The third-order valence-electron chi connectivity index (χ3n) is 14.0. The van der Waals surface area contributed by atoms with Crippen LogP contribution in [0.25, 0.3) is 0 Å². The van der Waals surface area contributed by atoms with Crippen LogP contribution in [-0.4, -0.2) is 59.6 Å². The number of aromatic amines is 1. The molecule has 13 heteroatoms. The van der Waals surface area contributed by atoms with Crippen molar-refractivity contribution in [1.82, 2.24) is 30.4 Å². The molecule has 5 atom stereocenters. The molecule has 4 N–H and O–H groups in total. The molecule has 306 valence electrons. The second kappa shape index (κ2) is 15.4. The summed E-state index contributed by atoms with van der Waals surface area (Å²) in [5.74, 6) is -1.58. The Balaban J connectivity index is 1.31. The number of amides is 2. The van der Waals surface area contributed by atoms with E-state index in [4.69, 9.17) is 23.2 Å². The van der Waals surface area contributed by atoms with Crippen molar-refractivity contribution < 1.29 is 19.1 Å². The van der Waals surface area contributed by atoms with E-state index in [0.717, 1.165) is 24.2 Å². The zero-order valence-electron chi connectivity index (χ0n) is 33.0. The molecule has 2 amide bonds. The second-order valence-corrected chi connectivity index (χ2v) is 18.4. The zero-order valence-corrected chi connectivity index (χ0v) is 34.6. The molecule has 0 bridgehead atoms. The Kier molecular flexibility index (Phi) is 10.4. The first-order valence-electron chi connectivity index (χ1n) is 20.6. The van der Waals surface area contributed by atoms with Gasteiger partial charge in [-0.15, -0.1) is 0 Å². The highest BCUT2D eigenvalue weighted by Gasteiger charge is 2.77. The van der Waals surface area contributed by atoms with Crippen molar-refractivity contribution in [2.45, 2.75) is 112 Å². The molecular weight excluding hydrogens is 788 g/mol. The molecule has 2 spiro atoms. The number of anilines is 1. The van der Waals surface area contributed by atoms with Crippen LogP contribution < -0.4 is 10.6 Å². The maximum atomic E-state index is 17.1. The van der Waals surface area contributed by atoms with E-state index < -0.39 is 40.9 Å². The fourth-order valence-electron chi connectivity index (χ4n) is 11.2. The van der Waals surface area contributed by atoms with Crippen LogP contribution in [-0.2, 0) is 15.0 Å². The number of carbonyl (C=O) groups is 2. The number of rotatable bonds is 8. The van der Waals surface area contributed by atoms with Gasteiger partial charge in [0.05, 0.1) is 18.2 Å². The van der Waals surface area contributed by atoms with Crippen LogP contribution in [0, 0.1) is 11.2 Å². The molecule has 2 aliphatic heterocycles. The van der Waals surface area contributed by atoms with Crippen LogP contribution in [0.3, 0.4) is 0 Å². The van der Waals surface area contributed by atoms with E-state index in [0.29, 0.717) is 60.4 Å². The van der Waals surface area contributed by atoms with Gasteiger partial charge in [0.25, 0.3) is 0 Å². The number of likely N-dealkylation sites (tertiary alicyclic amines) is 1. The molecule has 4 heterocycles. The number of nitrogens with zero attached hydrogens (tertiary/aromatic N) is 4. The van der Waals surface area contributed by atoms with Gasteiger partial charge in [0.15, 0.2) is 11.0 Å². The van der Waals surface area contributed by atoms with Crippen LogP contribution >= 0.6 is 23.2 Å². The summed E-state index contributed by atoms with van der Waals surface area (Å²) in [7, 11) is 0. The molecule has 1 saturated heterocycles. The number of benzene rings is 3. The van der Waals surface area contributed by atoms with E-state index in [9.17, 15) is 5.11 Å². The van der Waals surface area contributed by atoms with Crippen molar-refractivity contribution in [1.29, 1.82) is 0 Å². The van der Waals surface area contributed by atoms with Gasteiger partial charge in [-0.1, -0.05) is 104 Å². The summed E-state index contributed by atoms with van der Waals surface area (Å²) < 4.78 is 17.1. The molecule has 10 nitrogen and oxygen atoms in total. The number of aromatic nitrogens is 4. The van der Waals surface area contributed by atoms with E-state index in [2.05, 4.69) is 49.5 Å². The molecule has 59 heavy (non-hydrogen) atoms. The van der Waals surface area contributed by atoms with Crippen molar-refractivity contribution in [2.24, 2.45) is 5.41 Å². The smallest absolute Gasteiger partial charge is 0.238 e. The normalized spacial score (nSPS) is 27.0. The van der Waals surface area contributed by atoms with Gasteiger partial charge in [0, 0.05) is 40.3 Å². The largest absolute Gasteiger partial charge is 0.386 e. The summed E-state index contributed by atoms with van der Waals surface area (Å²) in [5.41, 5.74) is -0.107. The molecule has 0 unspecified atom stereocenters. The number of nitrogens with one attached hydrogen (secondary N) is 3. The quantitative estimate of drug-likeness (QED) is 0.115. The van der Waals surface area contributed by atoms with Gasteiger partial charge in [-0.05, 0) is 97.2 Å². The Morgan fingerprint density at radius 2 is 1.59 bits per heavy atom. The van der Waals surface area contributed by atoms with Crippen LogP contribution in [0.5, 0.6) is 0 Å². The minimum atomic E-state index is -1.55. The molecular formula is C46H48Cl2FN7O3. The van der Waals surface area contributed by atoms with Crippen molar-refractivity contribution in [3.8, 4) is 0 Å². The van der Waals surface area contributed by atoms with E-state index in [-0.39, 0.29) is 39.9 Å². The summed E-state index contributed by atoms with van der Waals surface area (Å²) in [4.78, 5) is 42.2. The second-order valence-electron chi connectivity index (χ2n) is 17.6. The Labute approximate surface area is 353 Å². The third kappa shape index (κ3) is 6.56. The van der Waals surface area contributed by atoms with Gasteiger partial charge < -0.3 is 15.7 Å². The average molecular weight is 837 g/mol. The zero-order chi connectivity index (χ0) is 41.1.